The molecule has 1 N–H and O–H groups in total. The van der Waals surface area contributed by atoms with Crippen LogP contribution in [0.5, 0.6) is 0 Å². The van der Waals surface area contributed by atoms with Crippen molar-refractivity contribution in [2.24, 2.45) is 0 Å². The zero-order valence-electron chi connectivity index (χ0n) is 11.6. The molecule has 0 fully saturated rings. The Labute approximate surface area is 122 Å². The van der Waals surface area contributed by atoms with Gasteiger partial charge in [0.25, 0.3) is 5.56 Å². The summed E-state index contributed by atoms with van der Waals surface area (Å²) in [6, 6.07) is 4.59. The van der Waals surface area contributed by atoms with Crippen LogP contribution in [0, 0.1) is 31.0 Å². The Kier molecular flexibility index (Phi) is 3.79. The first-order valence-electron chi connectivity index (χ1n) is 6.17. The number of benzene rings is 1. The quantitative estimate of drug-likeness (QED) is 0.817. The second-order valence-corrected chi connectivity index (χ2v) is 4.79. The van der Waals surface area contributed by atoms with Gasteiger partial charge in [0, 0.05) is 16.8 Å². The highest BCUT2D eigenvalue weighted by atomic mass is 19.4. The van der Waals surface area contributed by atoms with Gasteiger partial charge in [-0.15, -0.1) is 0 Å². The number of alkyl halides is 3. The number of hydrogen-bond donors (Lipinski definition) is 1. The summed E-state index contributed by atoms with van der Waals surface area (Å²) >= 11 is 0. The topological polar surface area (TPSA) is 56.6 Å². The van der Waals surface area contributed by atoms with E-state index in [1.165, 1.54) is 19.9 Å². The number of aryl methyl sites for hydroxylation is 2. The molecule has 0 amide bonds. The van der Waals surface area contributed by atoms with Crippen molar-refractivity contribution in [3.05, 3.63) is 56.8 Å². The van der Waals surface area contributed by atoms with Gasteiger partial charge < -0.3 is 4.98 Å². The minimum atomic E-state index is -4.81. The number of pyridine rings is 1. The molecule has 0 saturated heterocycles. The number of aromatic nitrogens is 1. The van der Waals surface area contributed by atoms with Crippen molar-refractivity contribution in [3.8, 4) is 17.2 Å². The molecule has 0 aliphatic rings. The highest BCUT2D eigenvalue weighted by Gasteiger charge is 2.37. The Balaban J connectivity index is 3.00. The largest absolute Gasteiger partial charge is 0.417 e. The van der Waals surface area contributed by atoms with Gasteiger partial charge >= 0.3 is 6.18 Å². The van der Waals surface area contributed by atoms with Crippen molar-refractivity contribution in [2.75, 3.05) is 0 Å². The van der Waals surface area contributed by atoms with Gasteiger partial charge in [0.2, 0.25) is 0 Å². The smallest absolute Gasteiger partial charge is 0.325 e. The maximum absolute atomic E-state index is 14.1. The Morgan fingerprint density at radius 3 is 2.41 bits per heavy atom. The number of rotatable bonds is 1. The summed E-state index contributed by atoms with van der Waals surface area (Å²) in [4.78, 5) is 14.1. The SMILES string of the molecule is Cc1cc(-c2c(F)ccc(C)c2C(F)(F)F)c(C#N)c(=O)[nH]1. The molecule has 1 aromatic carbocycles. The number of halogens is 4. The zero-order chi connectivity index (χ0) is 16.7. The van der Waals surface area contributed by atoms with Crippen LogP contribution < -0.4 is 5.56 Å². The number of H-pyrrole nitrogens is 1. The lowest BCUT2D eigenvalue weighted by Gasteiger charge is -2.17. The summed E-state index contributed by atoms with van der Waals surface area (Å²) in [7, 11) is 0. The fourth-order valence-electron chi connectivity index (χ4n) is 2.31. The third kappa shape index (κ3) is 2.60. The second-order valence-electron chi connectivity index (χ2n) is 4.79. The molecule has 114 valence electrons. The van der Waals surface area contributed by atoms with Crippen LogP contribution in [0.3, 0.4) is 0 Å². The predicted octanol–water partition coefficient (Wildman–Crippen LogP) is 3.69. The highest BCUT2D eigenvalue weighted by Crippen LogP contribution is 2.41. The van der Waals surface area contributed by atoms with E-state index in [1.54, 1.807) is 0 Å². The number of nitrogens with one attached hydrogen (secondary N) is 1. The molecule has 0 radical (unpaired) electrons. The molecule has 0 unspecified atom stereocenters. The van der Waals surface area contributed by atoms with E-state index in [9.17, 15) is 22.4 Å². The van der Waals surface area contributed by atoms with Gasteiger partial charge in [-0.1, -0.05) is 6.07 Å². The first-order chi connectivity index (χ1) is 10.2. The van der Waals surface area contributed by atoms with Gasteiger partial charge in [0.15, 0.2) is 0 Å². The van der Waals surface area contributed by atoms with Crippen LogP contribution in [0.25, 0.3) is 11.1 Å². The molecule has 2 aromatic rings. The van der Waals surface area contributed by atoms with Gasteiger partial charge in [-0.25, -0.2) is 4.39 Å². The molecule has 0 bridgehead atoms. The second kappa shape index (κ2) is 5.30. The van der Waals surface area contributed by atoms with Crippen LogP contribution in [0.15, 0.2) is 23.0 Å². The van der Waals surface area contributed by atoms with E-state index < -0.39 is 34.2 Å². The molecule has 22 heavy (non-hydrogen) atoms. The average Bonchev–Trinajstić information content (AvgIpc) is 2.39. The minimum Gasteiger partial charge on any atom is -0.325 e. The summed E-state index contributed by atoms with van der Waals surface area (Å²) in [5.41, 5.74) is -3.70. The summed E-state index contributed by atoms with van der Waals surface area (Å²) in [6.45, 7) is 2.63. The number of nitrogens with zero attached hydrogens (tertiary/aromatic N) is 1. The normalized spacial score (nSPS) is 11.3. The van der Waals surface area contributed by atoms with Crippen LogP contribution in [0.1, 0.15) is 22.4 Å². The third-order valence-corrected chi connectivity index (χ3v) is 3.20. The molecule has 1 heterocycles. The van der Waals surface area contributed by atoms with Crippen molar-refractivity contribution in [1.29, 1.82) is 5.26 Å². The molecule has 0 aliphatic carbocycles. The van der Waals surface area contributed by atoms with E-state index in [1.807, 2.05) is 0 Å². The van der Waals surface area contributed by atoms with Gasteiger partial charge in [0.05, 0.1) is 5.56 Å². The van der Waals surface area contributed by atoms with Crippen LogP contribution in [0.4, 0.5) is 17.6 Å². The van der Waals surface area contributed by atoms with Crippen LogP contribution in [-0.4, -0.2) is 4.98 Å². The number of aromatic amines is 1. The molecule has 0 spiro atoms. The fraction of sp³-hybridized carbons (Fsp3) is 0.200. The number of nitriles is 1. The first-order valence-corrected chi connectivity index (χ1v) is 6.17. The van der Waals surface area contributed by atoms with Gasteiger partial charge in [0.1, 0.15) is 17.4 Å². The molecular weight excluding hydrogens is 300 g/mol. The standard InChI is InChI=1S/C15H10F4N2O/c1-7-3-4-11(16)12(13(7)15(17,18)19)9-5-8(2)21-14(22)10(9)6-20/h3-5H,1-2H3,(H,21,22). The molecule has 0 aliphatic heterocycles. The lowest BCUT2D eigenvalue weighted by molar-refractivity contribution is -0.137. The zero-order valence-corrected chi connectivity index (χ0v) is 11.6. The first kappa shape index (κ1) is 15.8. The van der Waals surface area contributed by atoms with Crippen molar-refractivity contribution < 1.29 is 17.6 Å². The van der Waals surface area contributed by atoms with E-state index in [0.29, 0.717) is 0 Å². The summed E-state index contributed by atoms with van der Waals surface area (Å²) < 4.78 is 53.9. The van der Waals surface area contributed by atoms with Crippen LogP contribution in [0.2, 0.25) is 0 Å². The van der Waals surface area contributed by atoms with Crippen molar-refractivity contribution in [2.45, 2.75) is 20.0 Å². The predicted molar refractivity (Wildman–Crippen MR) is 71.6 cm³/mol. The Morgan fingerprint density at radius 1 is 1.23 bits per heavy atom. The Bertz CT molecular complexity index is 844. The minimum absolute atomic E-state index is 0.189. The summed E-state index contributed by atoms with van der Waals surface area (Å²) in [5.74, 6) is -1.14. The van der Waals surface area contributed by atoms with E-state index >= 15 is 0 Å². The average molecular weight is 310 g/mol. The third-order valence-electron chi connectivity index (χ3n) is 3.20. The molecule has 7 heteroatoms. The number of hydrogen-bond acceptors (Lipinski definition) is 2. The van der Waals surface area contributed by atoms with Gasteiger partial charge in [-0.2, -0.15) is 18.4 Å². The maximum atomic E-state index is 14.1. The lowest BCUT2D eigenvalue weighted by atomic mass is 9.92. The van der Waals surface area contributed by atoms with E-state index in [-0.39, 0.29) is 16.8 Å². The Morgan fingerprint density at radius 2 is 1.86 bits per heavy atom. The van der Waals surface area contributed by atoms with Gasteiger partial charge in [-0.3, -0.25) is 4.79 Å². The molecule has 3 nitrogen and oxygen atoms in total. The molecule has 2 rings (SSSR count). The fourth-order valence-corrected chi connectivity index (χ4v) is 2.31. The monoisotopic (exact) mass is 310 g/mol. The maximum Gasteiger partial charge on any atom is 0.417 e. The van der Waals surface area contributed by atoms with E-state index in [4.69, 9.17) is 5.26 Å². The molecule has 0 atom stereocenters. The molecule has 0 saturated carbocycles. The van der Waals surface area contributed by atoms with Crippen LogP contribution >= 0.6 is 0 Å². The summed E-state index contributed by atoms with van der Waals surface area (Å²) in [5, 5.41) is 9.03. The lowest BCUT2D eigenvalue weighted by Crippen LogP contribution is -2.16. The molecular formula is C15H10F4N2O. The van der Waals surface area contributed by atoms with Gasteiger partial charge in [-0.05, 0) is 31.5 Å². The van der Waals surface area contributed by atoms with Crippen molar-refractivity contribution in [1.82, 2.24) is 4.98 Å². The van der Waals surface area contributed by atoms with Crippen molar-refractivity contribution >= 4 is 0 Å². The highest BCUT2D eigenvalue weighted by molar-refractivity contribution is 5.75. The van der Waals surface area contributed by atoms with Crippen LogP contribution in [-0.2, 0) is 6.18 Å². The van der Waals surface area contributed by atoms with E-state index in [0.717, 1.165) is 18.2 Å². The summed E-state index contributed by atoms with van der Waals surface area (Å²) in [6.07, 6.45) is -4.81. The van der Waals surface area contributed by atoms with E-state index in [2.05, 4.69) is 4.98 Å². The van der Waals surface area contributed by atoms with Crippen molar-refractivity contribution in [3.63, 3.8) is 0 Å². The molecule has 1 aromatic heterocycles. The Hall–Kier alpha value is -2.62.